The Bertz CT molecular complexity index is 6030. The molecule has 0 atom stereocenters. The van der Waals surface area contributed by atoms with Crippen molar-refractivity contribution < 1.29 is 0 Å². The summed E-state index contributed by atoms with van der Waals surface area (Å²) in [5.41, 5.74) is 23.0. The Morgan fingerprint density at radius 2 is 0.573 bits per heavy atom. The molecule has 2 aromatic heterocycles. The van der Waals surface area contributed by atoms with E-state index in [9.17, 15) is 0 Å². The average molecular weight is 1420 g/mol. The molecule has 0 fully saturated rings. The van der Waals surface area contributed by atoms with Crippen molar-refractivity contribution in [3.8, 4) is 55.6 Å². The van der Waals surface area contributed by atoms with Gasteiger partial charge in [0.25, 0.3) is 0 Å². The predicted molar refractivity (Wildman–Crippen MR) is 477 cm³/mol. The summed E-state index contributed by atoms with van der Waals surface area (Å²) < 4.78 is 0. The molecule has 0 saturated heterocycles. The number of aryl methyl sites for hydroxylation is 8. The van der Waals surface area contributed by atoms with Crippen LogP contribution in [-0.4, -0.2) is 9.97 Å². The average Bonchev–Trinajstić information content (AvgIpc) is 0.781. The zero-order valence-corrected chi connectivity index (χ0v) is 64.3. The Labute approximate surface area is 651 Å². The van der Waals surface area contributed by atoms with Gasteiger partial charge in [0.15, 0.2) is 0 Å². The maximum atomic E-state index is 3.98. The van der Waals surface area contributed by atoms with Gasteiger partial charge in [-0.2, -0.15) is 0 Å². The van der Waals surface area contributed by atoms with Gasteiger partial charge in [0, 0.05) is 24.3 Å². The molecule has 0 bridgehead atoms. The molecule has 536 valence electrons. The maximum Gasteiger partial charge on any atom is 0.0372 e. The monoisotopic (exact) mass is 1420 g/mol. The van der Waals surface area contributed by atoms with Crippen molar-refractivity contribution in [1.82, 2.24) is 9.97 Å². The minimum Gasteiger partial charge on any atom is -0.264 e. The van der Waals surface area contributed by atoms with E-state index in [1.165, 1.54) is 159 Å². The van der Waals surface area contributed by atoms with Crippen molar-refractivity contribution in [2.75, 3.05) is 0 Å². The Balaban J connectivity index is 0.000000120. The van der Waals surface area contributed by atoms with Gasteiger partial charge >= 0.3 is 0 Å². The van der Waals surface area contributed by atoms with Gasteiger partial charge in [-0.05, 0) is 228 Å². The van der Waals surface area contributed by atoms with E-state index >= 15 is 0 Å². The van der Waals surface area contributed by atoms with Crippen LogP contribution in [0.4, 0.5) is 0 Å². The summed E-state index contributed by atoms with van der Waals surface area (Å²) in [4.78, 5) is 7.86. The Hall–Kier alpha value is -13.4. The number of hydrogen-bond donors (Lipinski definition) is 0. The Morgan fingerprint density at radius 1 is 0.173 bits per heavy atom. The van der Waals surface area contributed by atoms with Crippen LogP contribution >= 0.6 is 0 Å². The second-order valence-corrected chi connectivity index (χ2v) is 27.9. The van der Waals surface area contributed by atoms with E-state index in [1.54, 1.807) is 12.4 Å². The lowest BCUT2D eigenvalue weighted by Gasteiger charge is -2.11. The van der Waals surface area contributed by atoms with Crippen molar-refractivity contribution in [2.24, 2.45) is 0 Å². The van der Waals surface area contributed by atoms with Gasteiger partial charge in [0.1, 0.15) is 0 Å². The molecule has 0 spiro atoms. The molecule has 19 rings (SSSR count). The number of benzene rings is 17. The predicted octanol–water partition coefficient (Wildman–Crippen LogP) is 30.0. The second-order valence-electron chi connectivity index (χ2n) is 27.9. The summed E-state index contributed by atoms with van der Waals surface area (Å²) in [6.45, 7) is 16.8. The molecule has 17 aromatic carbocycles. The van der Waals surface area contributed by atoms with E-state index < -0.39 is 0 Å². The molecule has 2 nitrogen and oxygen atoms in total. The van der Waals surface area contributed by atoms with Crippen molar-refractivity contribution in [2.45, 2.75) is 55.4 Å². The van der Waals surface area contributed by atoms with Crippen molar-refractivity contribution in [3.05, 3.63) is 470 Å². The highest BCUT2D eigenvalue weighted by Gasteiger charge is 2.09. The second kappa shape index (κ2) is 38.7. The van der Waals surface area contributed by atoms with Gasteiger partial charge in [-0.15, -0.1) is 0 Å². The zero-order chi connectivity index (χ0) is 76.2. The summed E-state index contributed by atoms with van der Waals surface area (Å²) >= 11 is 0. The molecule has 2 heterocycles. The molecule has 0 aliphatic heterocycles. The van der Waals surface area contributed by atoms with Gasteiger partial charge in [0.2, 0.25) is 0 Å². The topological polar surface area (TPSA) is 25.8 Å². The van der Waals surface area contributed by atoms with E-state index in [0.717, 1.165) is 5.69 Å². The van der Waals surface area contributed by atoms with Crippen LogP contribution in [0.5, 0.6) is 0 Å². The maximum absolute atomic E-state index is 3.98. The molecule has 110 heavy (non-hydrogen) atoms. The molecule has 0 N–H and O–H groups in total. The van der Waals surface area contributed by atoms with Gasteiger partial charge in [-0.1, -0.05) is 393 Å². The first kappa shape index (κ1) is 76.3. The van der Waals surface area contributed by atoms with Gasteiger partial charge in [-0.3, -0.25) is 9.97 Å². The molecule has 2 heteroatoms. The van der Waals surface area contributed by atoms with Crippen molar-refractivity contribution >= 4 is 64.6 Å². The molecular formula is C108H94N2. The highest BCUT2D eigenvalue weighted by Crippen LogP contribution is 2.35. The van der Waals surface area contributed by atoms with E-state index in [1.807, 2.05) is 56.4 Å². The third kappa shape index (κ3) is 21.4. The standard InChI is InChI=1S/C23H18.3C17H14.2C11H10.2C6H7N/c1-17-14-20(18-8-3-2-4-9-18)16-21(15-17)23-13-7-11-19-10-5-6-12-22(19)23;1-13-11-15-9-5-6-10-16(15)17(12-13)14-7-3-2-4-8-14;1-13-10-11-17-15(12-13)8-5-9-16(17)14-6-3-2-4-7-14;1-13-7-8-17-12-16(10-9-15(17)11-13)14-5-3-2-4-6-14;1-9-5-4-7-10-6-2-3-8-11(9)10;1-9-6-7-10-4-2-3-5-11(10)8-9;1-6-3-2-4-7-5-6;1-6-4-2-3-5-7-6/h2-16H,1H3;3*2-12H,1H3;2*2-8H,1H3;2*2-5H,1H3. The molecule has 0 aliphatic carbocycles. The molecule has 0 unspecified atom stereocenters. The fourth-order valence-electron chi connectivity index (χ4n) is 13.6. The number of hydrogen-bond acceptors (Lipinski definition) is 2. The molecule has 0 aliphatic rings. The van der Waals surface area contributed by atoms with Crippen LogP contribution in [-0.2, 0) is 0 Å². The van der Waals surface area contributed by atoms with Crippen LogP contribution in [0.15, 0.2) is 425 Å². The van der Waals surface area contributed by atoms with E-state index in [4.69, 9.17) is 0 Å². The van der Waals surface area contributed by atoms with Crippen LogP contribution in [0.1, 0.15) is 44.6 Å². The highest BCUT2D eigenvalue weighted by atomic mass is 14.6. The summed E-state index contributed by atoms with van der Waals surface area (Å²) in [5, 5.41) is 15.8. The summed E-state index contributed by atoms with van der Waals surface area (Å²) in [7, 11) is 0. The lowest BCUT2D eigenvalue weighted by molar-refractivity contribution is 1.20. The zero-order valence-electron chi connectivity index (χ0n) is 64.3. The van der Waals surface area contributed by atoms with Crippen molar-refractivity contribution in [1.29, 1.82) is 0 Å². The fourth-order valence-corrected chi connectivity index (χ4v) is 13.6. The first-order chi connectivity index (χ1) is 53.8. The molecule has 19 aromatic rings. The molecule has 0 radical (unpaired) electrons. The summed E-state index contributed by atoms with van der Waals surface area (Å²) in [6, 6.07) is 143. The Kier molecular flexibility index (Phi) is 26.9. The quantitative estimate of drug-likeness (QED) is 0.172. The lowest BCUT2D eigenvalue weighted by atomic mass is 9.93. The smallest absolute Gasteiger partial charge is 0.0372 e. The van der Waals surface area contributed by atoms with E-state index in [0.29, 0.717) is 0 Å². The molecular weight excluding hydrogens is 1330 g/mol. The van der Waals surface area contributed by atoms with Crippen LogP contribution in [0.25, 0.3) is 120 Å². The SMILES string of the molecule is Cc1cc(-c2ccccc2)c2ccccc2c1.Cc1cc(-c2ccccc2)cc(-c2cccc3ccccc23)c1.Cc1ccc2c(-c3ccccc3)cccc2c1.Cc1ccc2cc(-c3ccccc3)ccc2c1.Cc1ccc2ccccc2c1.Cc1cccc2ccccc12.Cc1ccccn1.Cc1cccnc1. The molecule has 0 saturated carbocycles. The van der Waals surface area contributed by atoms with E-state index in [2.05, 4.69) is 422 Å². The Morgan fingerprint density at radius 3 is 1.13 bits per heavy atom. The minimum atomic E-state index is 1.07. The number of aromatic nitrogens is 2. The number of rotatable bonds is 5. The first-order valence-electron chi connectivity index (χ1n) is 37.8. The van der Waals surface area contributed by atoms with Gasteiger partial charge < -0.3 is 0 Å². The van der Waals surface area contributed by atoms with E-state index in [-0.39, 0.29) is 0 Å². The normalized spacial score (nSPS) is 10.4. The minimum absolute atomic E-state index is 1.07. The number of nitrogens with zero attached hydrogens (tertiary/aromatic N) is 2. The van der Waals surface area contributed by atoms with Crippen LogP contribution in [0.2, 0.25) is 0 Å². The largest absolute Gasteiger partial charge is 0.264 e. The summed E-state index contributed by atoms with van der Waals surface area (Å²) in [6.07, 6.45) is 5.39. The van der Waals surface area contributed by atoms with Gasteiger partial charge in [0.05, 0.1) is 0 Å². The first-order valence-corrected chi connectivity index (χ1v) is 37.8. The van der Waals surface area contributed by atoms with Crippen LogP contribution in [0.3, 0.4) is 0 Å². The lowest BCUT2D eigenvalue weighted by Crippen LogP contribution is -1.86. The number of fused-ring (bicyclic) bond motifs is 6. The van der Waals surface area contributed by atoms with Crippen LogP contribution in [0, 0.1) is 55.4 Å². The van der Waals surface area contributed by atoms with Crippen molar-refractivity contribution in [3.63, 3.8) is 0 Å². The van der Waals surface area contributed by atoms with Gasteiger partial charge in [-0.25, -0.2) is 0 Å². The van der Waals surface area contributed by atoms with Crippen LogP contribution < -0.4 is 0 Å². The number of pyridine rings is 2. The third-order valence-electron chi connectivity index (χ3n) is 19.1. The molecule has 0 amide bonds. The summed E-state index contributed by atoms with van der Waals surface area (Å²) in [5.74, 6) is 0. The third-order valence-corrected chi connectivity index (χ3v) is 19.1. The fraction of sp³-hybridized carbons (Fsp3) is 0.0741. The highest BCUT2D eigenvalue weighted by molar-refractivity contribution is 6.00.